The molecule has 0 aliphatic rings. The monoisotopic (exact) mass is 315 g/mol. The molecular weight excluding hydrogens is 294 g/mol. The molecule has 2 heteroatoms. The maximum absolute atomic E-state index is 13.2. The third kappa shape index (κ3) is 3.38. The summed E-state index contributed by atoms with van der Waals surface area (Å²) in [6, 6.07) is 29.6. The molecule has 24 heavy (non-hydrogen) atoms. The predicted octanol–water partition coefficient (Wildman–Crippen LogP) is 5.48. The molecule has 0 heterocycles. The van der Waals surface area contributed by atoms with Crippen LogP contribution in [0.3, 0.4) is 0 Å². The minimum absolute atomic E-state index is 0.00121. The molecule has 3 rings (SSSR count). The molecule has 2 nitrogen and oxygen atoms in total. The number of carbonyl (C=O) groups excluding carboxylic acids is 1. The molecule has 3 aromatic carbocycles. The Hall–Kier alpha value is -2.87. The highest BCUT2D eigenvalue weighted by Gasteiger charge is 2.26. The van der Waals surface area contributed by atoms with Gasteiger partial charge >= 0.3 is 0 Å². The number of carbonyl (C=O) groups is 1. The molecule has 1 amide bonds. The summed E-state index contributed by atoms with van der Waals surface area (Å²) >= 11 is 0. The van der Waals surface area contributed by atoms with Gasteiger partial charge in [-0.3, -0.25) is 4.79 Å². The molecule has 120 valence electrons. The minimum atomic E-state index is 0.00121. The van der Waals surface area contributed by atoms with E-state index in [9.17, 15) is 4.79 Å². The number of para-hydroxylation sites is 1. The lowest BCUT2D eigenvalue weighted by atomic mass is 10.0. The Labute approximate surface area is 143 Å². The molecule has 0 spiro atoms. The number of anilines is 1. The van der Waals surface area contributed by atoms with Gasteiger partial charge in [0.05, 0.1) is 6.04 Å². The average molecular weight is 315 g/mol. The van der Waals surface area contributed by atoms with Crippen molar-refractivity contribution >= 4 is 11.6 Å². The van der Waals surface area contributed by atoms with Crippen LogP contribution in [0.5, 0.6) is 0 Å². The molecule has 3 aromatic rings. The Morgan fingerprint density at radius 1 is 0.792 bits per heavy atom. The molecule has 0 saturated heterocycles. The van der Waals surface area contributed by atoms with Crippen LogP contribution in [0.2, 0.25) is 0 Å². The van der Waals surface area contributed by atoms with E-state index in [1.165, 1.54) is 0 Å². The van der Waals surface area contributed by atoms with Gasteiger partial charge in [0.2, 0.25) is 0 Å². The van der Waals surface area contributed by atoms with Crippen LogP contribution in [-0.2, 0) is 0 Å². The van der Waals surface area contributed by atoms with Gasteiger partial charge in [0.1, 0.15) is 0 Å². The first-order chi connectivity index (χ1) is 11.8. The van der Waals surface area contributed by atoms with E-state index >= 15 is 0 Å². The van der Waals surface area contributed by atoms with Crippen molar-refractivity contribution in [2.24, 2.45) is 0 Å². The zero-order valence-corrected chi connectivity index (χ0v) is 13.8. The first kappa shape index (κ1) is 16.0. The lowest BCUT2D eigenvalue weighted by Crippen LogP contribution is -2.34. The smallest absolute Gasteiger partial charge is 0.258 e. The van der Waals surface area contributed by atoms with Gasteiger partial charge in [-0.1, -0.05) is 73.7 Å². The van der Waals surface area contributed by atoms with Gasteiger partial charge in [0, 0.05) is 11.3 Å². The van der Waals surface area contributed by atoms with E-state index in [2.05, 4.69) is 19.1 Å². The van der Waals surface area contributed by atoms with Gasteiger partial charge in [-0.05, 0) is 36.2 Å². The van der Waals surface area contributed by atoms with Crippen molar-refractivity contribution in [3.8, 4) is 0 Å². The number of nitrogens with zero attached hydrogens (tertiary/aromatic N) is 1. The number of amides is 1. The van der Waals surface area contributed by atoms with Crippen LogP contribution in [0, 0.1) is 0 Å². The van der Waals surface area contributed by atoms with Crippen LogP contribution in [0.4, 0.5) is 5.69 Å². The zero-order valence-electron chi connectivity index (χ0n) is 13.8. The van der Waals surface area contributed by atoms with Crippen molar-refractivity contribution in [2.45, 2.75) is 19.4 Å². The summed E-state index contributed by atoms with van der Waals surface area (Å²) in [5, 5.41) is 0. The Morgan fingerprint density at radius 3 is 1.83 bits per heavy atom. The maximum atomic E-state index is 13.2. The van der Waals surface area contributed by atoms with E-state index in [1.54, 1.807) is 0 Å². The fourth-order valence-corrected chi connectivity index (χ4v) is 2.99. The van der Waals surface area contributed by atoms with Gasteiger partial charge < -0.3 is 4.90 Å². The molecule has 0 aromatic heterocycles. The molecule has 1 atom stereocenters. The lowest BCUT2D eigenvalue weighted by molar-refractivity contribution is 0.0975. The van der Waals surface area contributed by atoms with Crippen molar-refractivity contribution in [1.29, 1.82) is 0 Å². The largest absolute Gasteiger partial charge is 0.301 e. The van der Waals surface area contributed by atoms with Gasteiger partial charge in [-0.25, -0.2) is 0 Å². The minimum Gasteiger partial charge on any atom is -0.301 e. The average Bonchev–Trinajstić information content (AvgIpc) is 2.67. The van der Waals surface area contributed by atoms with Crippen molar-refractivity contribution in [2.75, 3.05) is 4.90 Å². The van der Waals surface area contributed by atoms with Crippen LogP contribution in [0.1, 0.15) is 35.3 Å². The molecule has 0 aliphatic carbocycles. The number of hydrogen-bond donors (Lipinski definition) is 0. The Morgan fingerprint density at radius 2 is 1.29 bits per heavy atom. The summed E-state index contributed by atoms with van der Waals surface area (Å²) < 4.78 is 0. The predicted molar refractivity (Wildman–Crippen MR) is 99.2 cm³/mol. The molecular formula is C22H21NO. The molecule has 0 saturated carbocycles. The van der Waals surface area contributed by atoms with E-state index < -0.39 is 0 Å². The van der Waals surface area contributed by atoms with E-state index in [0.29, 0.717) is 5.56 Å². The van der Waals surface area contributed by atoms with Gasteiger partial charge in [-0.15, -0.1) is 0 Å². The van der Waals surface area contributed by atoms with E-state index in [4.69, 9.17) is 0 Å². The molecule has 0 radical (unpaired) electrons. The van der Waals surface area contributed by atoms with Gasteiger partial charge in [-0.2, -0.15) is 0 Å². The van der Waals surface area contributed by atoms with Gasteiger partial charge in [0.15, 0.2) is 0 Å². The molecule has 0 fully saturated rings. The summed E-state index contributed by atoms with van der Waals surface area (Å²) in [6.45, 7) is 2.12. The zero-order chi connectivity index (χ0) is 16.8. The summed E-state index contributed by atoms with van der Waals surface area (Å²) in [4.78, 5) is 15.2. The van der Waals surface area contributed by atoms with Crippen LogP contribution in [-0.4, -0.2) is 5.91 Å². The Kier molecular flexibility index (Phi) is 5.07. The SMILES string of the molecule is CC[C@@H](c1ccccc1)N(C(=O)c1ccccc1)c1ccccc1. The van der Waals surface area contributed by atoms with E-state index in [-0.39, 0.29) is 11.9 Å². The normalized spacial score (nSPS) is 11.7. The second-order valence-corrected chi connectivity index (χ2v) is 5.71. The molecule has 0 N–H and O–H groups in total. The number of benzene rings is 3. The molecule has 0 unspecified atom stereocenters. The first-order valence-corrected chi connectivity index (χ1v) is 8.30. The third-order valence-electron chi connectivity index (χ3n) is 4.16. The highest BCUT2D eigenvalue weighted by Crippen LogP contribution is 2.31. The van der Waals surface area contributed by atoms with E-state index in [1.807, 2.05) is 83.8 Å². The van der Waals surface area contributed by atoms with Crippen molar-refractivity contribution < 1.29 is 4.79 Å². The van der Waals surface area contributed by atoms with Crippen LogP contribution >= 0.6 is 0 Å². The quantitative estimate of drug-likeness (QED) is 0.610. The fourth-order valence-electron chi connectivity index (χ4n) is 2.99. The third-order valence-corrected chi connectivity index (χ3v) is 4.16. The number of hydrogen-bond acceptors (Lipinski definition) is 1. The number of rotatable bonds is 5. The molecule has 0 aliphatic heterocycles. The second kappa shape index (κ2) is 7.60. The second-order valence-electron chi connectivity index (χ2n) is 5.71. The van der Waals surface area contributed by atoms with Gasteiger partial charge in [0.25, 0.3) is 5.91 Å². The van der Waals surface area contributed by atoms with E-state index in [0.717, 1.165) is 17.7 Å². The highest BCUT2D eigenvalue weighted by molar-refractivity contribution is 6.06. The van der Waals surface area contributed by atoms with Crippen LogP contribution in [0.15, 0.2) is 91.0 Å². The maximum Gasteiger partial charge on any atom is 0.258 e. The summed E-state index contributed by atoms with van der Waals surface area (Å²) in [7, 11) is 0. The lowest BCUT2D eigenvalue weighted by Gasteiger charge is -2.32. The Balaban J connectivity index is 2.07. The van der Waals surface area contributed by atoms with Crippen molar-refractivity contribution in [3.05, 3.63) is 102 Å². The highest BCUT2D eigenvalue weighted by atomic mass is 16.2. The standard InChI is InChI=1S/C22H21NO/c1-2-21(18-12-6-3-7-13-18)23(20-16-10-5-11-17-20)22(24)19-14-8-4-9-15-19/h3-17,21H,2H2,1H3/t21-/m0/s1. The van der Waals surface area contributed by atoms with Crippen LogP contribution in [0.25, 0.3) is 0 Å². The topological polar surface area (TPSA) is 20.3 Å². The van der Waals surface area contributed by atoms with Crippen molar-refractivity contribution in [1.82, 2.24) is 0 Å². The fraction of sp³-hybridized carbons (Fsp3) is 0.136. The summed E-state index contributed by atoms with van der Waals surface area (Å²) in [5.41, 5.74) is 2.77. The summed E-state index contributed by atoms with van der Waals surface area (Å²) in [6.07, 6.45) is 0.845. The van der Waals surface area contributed by atoms with Crippen molar-refractivity contribution in [3.63, 3.8) is 0 Å². The Bertz CT molecular complexity index is 769. The first-order valence-electron chi connectivity index (χ1n) is 8.30. The molecule has 0 bridgehead atoms. The van der Waals surface area contributed by atoms with Crippen LogP contribution < -0.4 is 4.90 Å². The summed E-state index contributed by atoms with van der Waals surface area (Å²) in [5.74, 6) is 0.0255.